The lowest BCUT2D eigenvalue weighted by molar-refractivity contribution is -0.142. The molecule has 0 saturated carbocycles. The predicted octanol–water partition coefficient (Wildman–Crippen LogP) is 3.69. The van der Waals surface area contributed by atoms with Gasteiger partial charge in [-0.2, -0.15) is 0 Å². The molecule has 1 aliphatic heterocycles. The van der Waals surface area contributed by atoms with Crippen molar-refractivity contribution in [3.05, 3.63) is 47.0 Å². The fourth-order valence-corrected chi connectivity index (χ4v) is 3.80. The van der Waals surface area contributed by atoms with Crippen LogP contribution in [0.5, 0.6) is 23.0 Å². The average molecular weight is 444 g/mol. The number of rotatable bonds is 9. The number of hydrogen-bond acceptors (Lipinski definition) is 8. The second-order valence-corrected chi connectivity index (χ2v) is 7.54. The number of phenolic OH excluding ortho intramolecular Hbond substituents is 1. The molecule has 32 heavy (non-hydrogen) atoms. The molecule has 0 radical (unpaired) electrons. The third-order valence-electron chi connectivity index (χ3n) is 5.29. The van der Waals surface area contributed by atoms with Gasteiger partial charge in [-0.1, -0.05) is 12.1 Å². The molecule has 0 bridgehead atoms. The van der Waals surface area contributed by atoms with Crippen molar-refractivity contribution >= 4 is 11.9 Å². The van der Waals surface area contributed by atoms with Crippen molar-refractivity contribution in [1.82, 2.24) is 0 Å². The van der Waals surface area contributed by atoms with E-state index in [4.69, 9.17) is 23.7 Å². The molecule has 0 aliphatic carbocycles. The number of aryl methyl sites for hydroxylation is 1. The number of esters is 2. The van der Waals surface area contributed by atoms with E-state index in [1.807, 2.05) is 12.1 Å². The van der Waals surface area contributed by atoms with Gasteiger partial charge in [0.2, 0.25) is 0 Å². The summed E-state index contributed by atoms with van der Waals surface area (Å²) in [6.07, 6.45) is 0.869. The van der Waals surface area contributed by atoms with Crippen LogP contribution in [0, 0.1) is 0 Å². The van der Waals surface area contributed by atoms with Gasteiger partial charge in [0.1, 0.15) is 12.7 Å². The molecule has 2 aromatic carbocycles. The van der Waals surface area contributed by atoms with E-state index in [2.05, 4.69) is 0 Å². The van der Waals surface area contributed by atoms with Crippen molar-refractivity contribution in [2.45, 2.75) is 38.7 Å². The summed E-state index contributed by atoms with van der Waals surface area (Å²) in [5.74, 6) is 0.535. The normalized spacial score (nSPS) is 16.6. The molecule has 0 saturated heterocycles. The highest BCUT2D eigenvalue weighted by Crippen LogP contribution is 2.51. The van der Waals surface area contributed by atoms with E-state index in [-0.39, 0.29) is 30.2 Å². The number of carbonyl (C=O) groups is 2. The van der Waals surface area contributed by atoms with E-state index in [0.29, 0.717) is 36.7 Å². The molecule has 2 aromatic rings. The molecule has 172 valence electrons. The molecular weight excluding hydrogens is 416 g/mol. The molecule has 8 heteroatoms. The molecule has 1 N–H and O–H groups in total. The molecule has 1 aliphatic rings. The molecule has 0 amide bonds. The van der Waals surface area contributed by atoms with Gasteiger partial charge in [0.25, 0.3) is 0 Å². The van der Waals surface area contributed by atoms with Gasteiger partial charge in [0.15, 0.2) is 23.0 Å². The molecule has 0 aromatic heterocycles. The van der Waals surface area contributed by atoms with E-state index >= 15 is 0 Å². The second-order valence-electron chi connectivity index (χ2n) is 7.54. The number of methoxy groups -OCH3 is 2. The summed E-state index contributed by atoms with van der Waals surface area (Å²) in [6.45, 7) is 3.20. The third kappa shape index (κ3) is 5.25. The summed E-state index contributed by atoms with van der Waals surface area (Å²) in [5.41, 5.74) is 2.63. The largest absolute Gasteiger partial charge is 0.504 e. The highest BCUT2D eigenvalue weighted by atomic mass is 16.5. The van der Waals surface area contributed by atoms with Crippen molar-refractivity contribution in [2.75, 3.05) is 27.4 Å². The Morgan fingerprint density at radius 2 is 1.72 bits per heavy atom. The number of hydrogen-bond donors (Lipinski definition) is 1. The molecule has 1 heterocycles. The van der Waals surface area contributed by atoms with Crippen molar-refractivity contribution in [3.63, 3.8) is 0 Å². The Morgan fingerprint density at radius 1 is 1.00 bits per heavy atom. The summed E-state index contributed by atoms with van der Waals surface area (Å²) in [7, 11) is 3.05. The molecule has 8 nitrogen and oxygen atoms in total. The first-order valence-corrected chi connectivity index (χ1v) is 10.3. The number of phenols is 1. The van der Waals surface area contributed by atoms with Gasteiger partial charge in [-0.25, -0.2) is 0 Å². The Balaban J connectivity index is 1.94. The Kier molecular flexibility index (Phi) is 7.45. The molecule has 3 rings (SSSR count). The quantitative estimate of drug-likeness (QED) is 0.462. The highest BCUT2D eigenvalue weighted by molar-refractivity contribution is 5.66. The monoisotopic (exact) mass is 444 g/mol. The number of benzene rings is 2. The lowest BCUT2D eigenvalue weighted by Gasteiger charge is -2.20. The summed E-state index contributed by atoms with van der Waals surface area (Å²) in [5, 5.41) is 9.96. The first-order chi connectivity index (χ1) is 15.3. The van der Waals surface area contributed by atoms with Crippen LogP contribution in [0.3, 0.4) is 0 Å². The van der Waals surface area contributed by atoms with Gasteiger partial charge >= 0.3 is 11.9 Å². The molecular formula is C24H28O8. The maximum atomic E-state index is 11.5. The van der Waals surface area contributed by atoms with Gasteiger partial charge < -0.3 is 28.8 Å². The van der Waals surface area contributed by atoms with E-state index < -0.39 is 6.10 Å². The van der Waals surface area contributed by atoms with Crippen LogP contribution in [-0.4, -0.2) is 44.5 Å². The SMILES string of the molecule is COc1cc([C@H]2Oc3c(OC)cc(CCCOC(C)=O)cc3[C@@H]2COC(C)=O)ccc1O. The highest BCUT2D eigenvalue weighted by Gasteiger charge is 2.39. The van der Waals surface area contributed by atoms with Gasteiger partial charge in [-0.05, 0) is 42.2 Å². The lowest BCUT2D eigenvalue weighted by Crippen LogP contribution is -2.17. The maximum absolute atomic E-state index is 11.5. The van der Waals surface area contributed by atoms with Crippen molar-refractivity contribution in [3.8, 4) is 23.0 Å². The summed E-state index contributed by atoms with van der Waals surface area (Å²) >= 11 is 0. The molecule has 0 unspecified atom stereocenters. The zero-order chi connectivity index (χ0) is 23.3. The van der Waals surface area contributed by atoms with E-state index in [1.54, 1.807) is 25.3 Å². The zero-order valence-corrected chi connectivity index (χ0v) is 18.7. The smallest absolute Gasteiger partial charge is 0.302 e. The minimum Gasteiger partial charge on any atom is -0.504 e. The Morgan fingerprint density at radius 3 is 2.38 bits per heavy atom. The zero-order valence-electron chi connectivity index (χ0n) is 18.7. The van der Waals surface area contributed by atoms with Crippen LogP contribution >= 0.6 is 0 Å². The van der Waals surface area contributed by atoms with Crippen LogP contribution in [0.25, 0.3) is 0 Å². The van der Waals surface area contributed by atoms with Crippen molar-refractivity contribution in [1.29, 1.82) is 0 Å². The minimum absolute atomic E-state index is 0.0240. The van der Waals surface area contributed by atoms with Gasteiger partial charge in [-0.15, -0.1) is 0 Å². The van der Waals surface area contributed by atoms with Crippen molar-refractivity contribution in [2.24, 2.45) is 0 Å². The number of fused-ring (bicyclic) bond motifs is 1. The molecule has 2 atom stereocenters. The van der Waals surface area contributed by atoms with Gasteiger partial charge in [-0.3, -0.25) is 9.59 Å². The van der Waals surface area contributed by atoms with E-state index in [0.717, 1.165) is 16.7 Å². The molecule has 0 fully saturated rings. The van der Waals surface area contributed by atoms with E-state index in [9.17, 15) is 14.7 Å². The van der Waals surface area contributed by atoms with Crippen LogP contribution < -0.4 is 14.2 Å². The van der Waals surface area contributed by atoms with Crippen LogP contribution in [0.2, 0.25) is 0 Å². The standard InChI is InChI=1S/C24H28O8/c1-14(25)30-9-5-6-16-10-18-19(13-31-15(2)26)23(32-24(18)22(11-16)29-4)17-7-8-20(27)21(12-17)28-3/h7-8,10-12,19,23,27H,5-6,9,13H2,1-4H3/t19-,23+/m0/s1. The Labute approximate surface area is 187 Å². The lowest BCUT2D eigenvalue weighted by atomic mass is 9.90. The predicted molar refractivity (Wildman–Crippen MR) is 115 cm³/mol. The van der Waals surface area contributed by atoms with Gasteiger partial charge in [0, 0.05) is 19.4 Å². The second kappa shape index (κ2) is 10.3. The fraction of sp³-hybridized carbons (Fsp3) is 0.417. The molecule has 0 spiro atoms. The van der Waals surface area contributed by atoms with E-state index in [1.165, 1.54) is 21.0 Å². The minimum atomic E-state index is -0.468. The van der Waals surface area contributed by atoms with Crippen molar-refractivity contribution < 1.29 is 38.4 Å². The van der Waals surface area contributed by atoms with Crippen LogP contribution in [0.4, 0.5) is 0 Å². The Hall–Kier alpha value is -3.42. The summed E-state index contributed by atoms with van der Waals surface area (Å²) in [4.78, 5) is 22.5. The Bertz CT molecular complexity index is 984. The first-order valence-electron chi connectivity index (χ1n) is 10.3. The van der Waals surface area contributed by atoms with Crippen LogP contribution in [-0.2, 0) is 25.5 Å². The fourth-order valence-electron chi connectivity index (χ4n) is 3.80. The average Bonchev–Trinajstić information content (AvgIpc) is 3.13. The van der Waals surface area contributed by atoms with Gasteiger partial charge in [0.05, 0.1) is 26.7 Å². The third-order valence-corrected chi connectivity index (χ3v) is 5.29. The maximum Gasteiger partial charge on any atom is 0.302 e. The first kappa shape index (κ1) is 23.2. The van der Waals surface area contributed by atoms with Crippen LogP contribution in [0.1, 0.15) is 49.0 Å². The van der Waals surface area contributed by atoms with Crippen LogP contribution in [0.15, 0.2) is 30.3 Å². The number of ether oxygens (including phenoxy) is 5. The number of aromatic hydroxyl groups is 1. The number of carbonyl (C=O) groups excluding carboxylic acids is 2. The topological polar surface area (TPSA) is 101 Å². The summed E-state index contributed by atoms with van der Waals surface area (Å²) in [6, 6.07) is 8.91. The summed E-state index contributed by atoms with van der Waals surface area (Å²) < 4.78 is 27.5.